The summed E-state index contributed by atoms with van der Waals surface area (Å²) in [7, 11) is -2.56. The number of rotatable bonds is 4. The Morgan fingerprint density at radius 3 is 2.70 bits per heavy atom. The van der Waals surface area contributed by atoms with Crippen LogP contribution in [0.1, 0.15) is 5.56 Å². The van der Waals surface area contributed by atoms with Crippen LogP contribution in [-0.4, -0.2) is 30.0 Å². The zero-order valence-electron chi connectivity index (χ0n) is 10.3. The molecule has 108 valence electrons. The molecule has 9 heteroatoms. The number of nitrogens with one attached hydrogen (secondary N) is 1. The Morgan fingerprint density at radius 1 is 1.40 bits per heavy atom. The van der Waals surface area contributed by atoms with Gasteiger partial charge in [-0.2, -0.15) is 9.40 Å². The normalized spacial score (nSPS) is 12.1. The summed E-state index contributed by atoms with van der Waals surface area (Å²) in [5.41, 5.74) is 0.668. The van der Waals surface area contributed by atoms with Gasteiger partial charge in [-0.25, -0.2) is 12.8 Å². The fourth-order valence-corrected chi connectivity index (χ4v) is 3.46. The van der Waals surface area contributed by atoms with Crippen LogP contribution in [-0.2, 0) is 16.6 Å². The van der Waals surface area contributed by atoms with E-state index in [2.05, 4.69) is 10.2 Å². The molecule has 0 atom stereocenters. The third-order valence-corrected chi connectivity index (χ3v) is 5.27. The van der Waals surface area contributed by atoms with Gasteiger partial charge in [0.1, 0.15) is 4.90 Å². The predicted octanol–water partition coefficient (Wildman–Crippen LogP) is 2.68. The van der Waals surface area contributed by atoms with Crippen molar-refractivity contribution in [3.05, 3.63) is 46.0 Å². The van der Waals surface area contributed by atoms with Gasteiger partial charge in [-0.3, -0.25) is 5.10 Å². The molecule has 0 bridgehead atoms. The molecule has 0 unspecified atom stereocenters. The minimum Gasteiger partial charge on any atom is -0.285 e. The Morgan fingerprint density at radius 2 is 2.10 bits per heavy atom. The molecule has 0 fully saturated rings. The van der Waals surface area contributed by atoms with E-state index in [0.717, 1.165) is 10.4 Å². The maximum Gasteiger partial charge on any atom is 0.244 e. The van der Waals surface area contributed by atoms with Gasteiger partial charge in [0.25, 0.3) is 0 Å². The highest BCUT2D eigenvalue weighted by Gasteiger charge is 2.26. The number of benzene rings is 1. The van der Waals surface area contributed by atoms with Gasteiger partial charge in [0, 0.05) is 25.4 Å². The highest BCUT2D eigenvalue weighted by molar-refractivity contribution is 7.89. The summed E-state index contributed by atoms with van der Waals surface area (Å²) in [5, 5.41) is 5.56. The van der Waals surface area contributed by atoms with Crippen LogP contribution in [0.2, 0.25) is 10.0 Å². The maximum absolute atomic E-state index is 13.6. The molecule has 1 aromatic heterocycles. The highest BCUT2D eigenvalue weighted by atomic mass is 35.5. The summed E-state index contributed by atoms with van der Waals surface area (Å²) in [5.74, 6) is -0.953. The molecule has 0 aliphatic heterocycles. The Bertz CT molecular complexity index is 720. The molecular weight excluding hydrogens is 328 g/mol. The predicted molar refractivity (Wildman–Crippen MR) is 73.7 cm³/mol. The lowest BCUT2D eigenvalue weighted by atomic mass is 10.3. The third-order valence-electron chi connectivity index (χ3n) is 2.65. The van der Waals surface area contributed by atoms with Crippen molar-refractivity contribution in [2.24, 2.45) is 0 Å². The molecule has 5 nitrogen and oxygen atoms in total. The van der Waals surface area contributed by atoms with Crippen LogP contribution in [0.3, 0.4) is 0 Å². The van der Waals surface area contributed by atoms with Gasteiger partial charge in [-0.05, 0) is 12.1 Å². The van der Waals surface area contributed by atoms with Crippen molar-refractivity contribution in [1.29, 1.82) is 0 Å². The first kappa shape index (κ1) is 15.2. The van der Waals surface area contributed by atoms with E-state index in [1.165, 1.54) is 19.3 Å². The second kappa shape index (κ2) is 5.69. The Labute approximate surface area is 125 Å². The summed E-state index contributed by atoms with van der Waals surface area (Å²) >= 11 is 11.3. The average Bonchev–Trinajstić information content (AvgIpc) is 2.88. The Hall–Kier alpha value is -1.15. The van der Waals surface area contributed by atoms with Crippen molar-refractivity contribution < 1.29 is 12.8 Å². The van der Waals surface area contributed by atoms with E-state index in [9.17, 15) is 12.8 Å². The second-order valence-corrected chi connectivity index (χ2v) is 6.84. The van der Waals surface area contributed by atoms with E-state index < -0.39 is 20.9 Å². The maximum atomic E-state index is 13.6. The summed E-state index contributed by atoms with van der Waals surface area (Å²) in [6, 6.07) is 2.33. The SMILES string of the molecule is CN(Cc1cn[nH]c1)S(=O)(=O)c1ccc(Cl)c(F)c1Cl. The van der Waals surface area contributed by atoms with Crippen molar-refractivity contribution in [2.75, 3.05) is 7.05 Å². The van der Waals surface area contributed by atoms with Gasteiger partial charge in [0.05, 0.1) is 16.2 Å². The molecule has 0 spiro atoms. The molecule has 1 aromatic carbocycles. The van der Waals surface area contributed by atoms with Crippen LogP contribution in [0, 0.1) is 5.82 Å². The zero-order chi connectivity index (χ0) is 14.9. The Kier molecular flexibility index (Phi) is 4.33. The summed E-state index contributed by atoms with van der Waals surface area (Å²) in [6.07, 6.45) is 3.06. The van der Waals surface area contributed by atoms with Gasteiger partial charge in [-0.15, -0.1) is 0 Å². The molecule has 0 aliphatic carbocycles. The van der Waals surface area contributed by atoms with Crippen LogP contribution in [0.25, 0.3) is 0 Å². The van der Waals surface area contributed by atoms with Crippen LogP contribution >= 0.6 is 23.2 Å². The lowest BCUT2D eigenvalue weighted by molar-refractivity contribution is 0.466. The van der Waals surface area contributed by atoms with Gasteiger partial charge < -0.3 is 0 Å². The van der Waals surface area contributed by atoms with Gasteiger partial charge in [-0.1, -0.05) is 23.2 Å². The molecule has 1 heterocycles. The number of halogens is 3. The van der Waals surface area contributed by atoms with E-state index >= 15 is 0 Å². The number of aromatic amines is 1. The van der Waals surface area contributed by atoms with E-state index in [0.29, 0.717) is 5.56 Å². The number of sulfonamides is 1. The average molecular weight is 338 g/mol. The number of hydrogen-bond acceptors (Lipinski definition) is 3. The fourth-order valence-electron chi connectivity index (χ4n) is 1.58. The van der Waals surface area contributed by atoms with Gasteiger partial charge in [0.2, 0.25) is 10.0 Å². The largest absolute Gasteiger partial charge is 0.285 e. The second-order valence-electron chi connectivity index (χ2n) is 4.04. The van der Waals surface area contributed by atoms with Crippen molar-refractivity contribution in [3.63, 3.8) is 0 Å². The Balaban J connectivity index is 2.37. The van der Waals surface area contributed by atoms with E-state index in [-0.39, 0.29) is 16.5 Å². The first-order valence-electron chi connectivity index (χ1n) is 5.41. The van der Waals surface area contributed by atoms with Gasteiger partial charge in [0.15, 0.2) is 5.82 Å². The molecule has 2 aromatic rings. The molecule has 0 radical (unpaired) electrons. The highest BCUT2D eigenvalue weighted by Crippen LogP contribution is 2.31. The molecule has 0 saturated heterocycles. The van der Waals surface area contributed by atoms with E-state index in [1.807, 2.05) is 0 Å². The van der Waals surface area contributed by atoms with E-state index in [4.69, 9.17) is 23.2 Å². The standard InChI is InChI=1S/C11H10Cl2FN3O2S/c1-17(6-7-4-15-16-5-7)20(18,19)9-3-2-8(12)11(14)10(9)13/h2-5H,6H2,1H3,(H,15,16). The minimum absolute atomic E-state index is 0.0827. The monoisotopic (exact) mass is 337 g/mol. The molecule has 0 aliphatic rings. The molecular formula is C11H10Cl2FN3O2S. The lowest BCUT2D eigenvalue weighted by Crippen LogP contribution is -2.26. The summed E-state index contributed by atoms with van der Waals surface area (Å²) in [4.78, 5) is -0.327. The van der Waals surface area contributed by atoms with Crippen molar-refractivity contribution in [1.82, 2.24) is 14.5 Å². The third kappa shape index (κ3) is 2.80. The van der Waals surface area contributed by atoms with Crippen LogP contribution in [0.5, 0.6) is 0 Å². The van der Waals surface area contributed by atoms with Crippen molar-refractivity contribution in [3.8, 4) is 0 Å². The number of aromatic nitrogens is 2. The van der Waals surface area contributed by atoms with Gasteiger partial charge >= 0.3 is 0 Å². The van der Waals surface area contributed by atoms with Crippen molar-refractivity contribution >= 4 is 33.2 Å². The lowest BCUT2D eigenvalue weighted by Gasteiger charge is -2.17. The topological polar surface area (TPSA) is 66.1 Å². The van der Waals surface area contributed by atoms with Crippen LogP contribution < -0.4 is 0 Å². The molecule has 2 rings (SSSR count). The smallest absolute Gasteiger partial charge is 0.244 e. The van der Waals surface area contributed by atoms with Crippen LogP contribution in [0.4, 0.5) is 4.39 Å². The number of nitrogens with zero attached hydrogens (tertiary/aromatic N) is 2. The summed E-state index contributed by atoms with van der Waals surface area (Å²) in [6.45, 7) is 0.0827. The van der Waals surface area contributed by atoms with E-state index in [1.54, 1.807) is 6.20 Å². The molecule has 0 amide bonds. The number of hydrogen-bond donors (Lipinski definition) is 1. The summed E-state index contributed by atoms with van der Waals surface area (Å²) < 4.78 is 39.3. The molecule has 1 N–H and O–H groups in total. The first-order valence-corrected chi connectivity index (χ1v) is 7.61. The molecule has 0 saturated carbocycles. The van der Waals surface area contributed by atoms with Crippen LogP contribution in [0.15, 0.2) is 29.4 Å². The number of H-pyrrole nitrogens is 1. The first-order chi connectivity index (χ1) is 9.34. The zero-order valence-corrected chi connectivity index (χ0v) is 12.6. The quantitative estimate of drug-likeness (QED) is 0.872. The minimum atomic E-state index is -3.92. The van der Waals surface area contributed by atoms with Crippen molar-refractivity contribution in [2.45, 2.75) is 11.4 Å². The fraction of sp³-hybridized carbons (Fsp3) is 0.182. The molecule has 20 heavy (non-hydrogen) atoms.